The van der Waals surface area contributed by atoms with Crippen molar-refractivity contribution in [2.45, 2.75) is 6.92 Å². The molecule has 0 aliphatic carbocycles. The Hall–Kier alpha value is -2.40. The van der Waals surface area contributed by atoms with E-state index in [-0.39, 0.29) is 5.82 Å². The van der Waals surface area contributed by atoms with Gasteiger partial charge in [-0.15, -0.1) is 0 Å². The van der Waals surface area contributed by atoms with Crippen LogP contribution in [0.15, 0.2) is 36.4 Å². The lowest BCUT2D eigenvalue weighted by Crippen LogP contribution is -2.24. The van der Waals surface area contributed by atoms with E-state index in [9.17, 15) is 10.0 Å². The number of hydrogen-bond acceptors (Lipinski definition) is 3. The summed E-state index contributed by atoms with van der Waals surface area (Å²) in [5.74, 6) is -0.264. The number of hydroxylamine groups is 1. The van der Waals surface area contributed by atoms with Crippen LogP contribution in [-0.2, 0) is 4.79 Å². The Morgan fingerprint density at radius 1 is 1.22 bits per heavy atom. The number of benzene rings is 1. The Morgan fingerprint density at radius 3 is 2.78 bits per heavy atom. The van der Waals surface area contributed by atoms with Gasteiger partial charge in [0, 0.05) is 23.2 Å². The lowest BCUT2D eigenvalue weighted by Gasteiger charge is -2.10. The Kier molecular flexibility index (Phi) is 2.28. The second-order valence-corrected chi connectivity index (χ2v) is 4.07. The predicted molar refractivity (Wildman–Crippen MR) is 68.5 cm³/mol. The van der Waals surface area contributed by atoms with Gasteiger partial charge in [-0.25, -0.2) is 4.98 Å². The van der Waals surface area contributed by atoms with E-state index >= 15 is 0 Å². The number of hydrogen-bond donors (Lipinski definition) is 2. The van der Waals surface area contributed by atoms with E-state index in [1.54, 1.807) is 6.07 Å². The van der Waals surface area contributed by atoms with E-state index in [0.717, 1.165) is 16.3 Å². The molecule has 1 amide bonds. The SMILES string of the molecule is CC(=O)N(O)c1ccc2c(n1)[nH]c1ccccc12. The number of carbonyl (C=O) groups is 1. The van der Waals surface area contributed by atoms with Crippen LogP contribution in [0.4, 0.5) is 5.82 Å². The smallest absolute Gasteiger partial charge is 0.249 e. The third-order valence-corrected chi connectivity index (χ3v) is 2.87. The normalized spacial score (nSPS) is 11.0. The highest BCUT2D eigenvalue weighted by Crippen LogP contribution is 2.25. The molecule has 1 aromatic carbocycles. The summed E-state index contributed by atoms with van der Waals surface area (Å²) in [7, 11) is 0. The summed E-state index contributed by atoms with van der Waals surface area (Å²) in [4.78, 5) is 18.5. The largest absolute Gasteiger partial charge is 0.339 e. The van der Waals surface area contributed by atoms with E-state index in [1.165, 1.54) is 6.92 Å². The lowest BCUT2D eigenvalue weighted by atomic mass is 10.2. The molecule has 0 aliphatic rings. The minimum atomic E-state index is -0.474. The Bertz CT molecular complexity index is 748. The van der Waals surface area contributed by atoms with Gasteiger partial charge < -0.3 is 4.98 Å². The average Bonchev–Trinajstić information content (AvgIpc) is 2.75. The van der Waals surface area contributed by atoms with Crippen molar-refractivity contribution in [1.29, 1.82) is 0 Å². The first kappa shape index (κ1) is 10.7. The molecular weight excluding hydrogens is 230 g/mol. The molecule has 0 radical (unpaired) electrons. The Balaban J connectivity index is 2.24. The predicted octanol–water partition coefficient (Wildman–Crippen LogP) is 2.46. The van der Waals surface area contributed by atoms with E-state index in [2.05, 4.69) is 9.97 Å². The topological polar surface area (TPSA) is 69.2 Å². The zero-order valence-corrected chi connectivity index (χ0v) is 9.71. The van der Waals surface area contributed by atoms with Gasteiger partial charge in [0.05, 0.1) is 0 Å². The first-order valence-corrected chi connectivity index (χ1v) is 5.54. The van der Waals surface area contributed by atoms with Gasteiger partial charge in [-0.05, 0) is 18.2 Å². The molecule has 0 fully saturated rings. The van der Waals surface area contributed by atoms with Crippen molar-refractivity contribution < 1.29 is 10.0 Å². The Labute approximate surface area is 103 Å². The fourth-order valence-electron chi connectivity index (χ4n) is 2.00. The number of H-pyrrole nitrogens is 1. The van der Waals surface area contributed by atoms with Gasteiger partial charge in [0.1, 0.15) is 5.65 Å². The van der Waals surface area contributed by atoms with Crippen LogP contribution in [0.1, 0.15) is 6.92 Å². The molecule has 2 aromatic heterocycles. The van der Waals surface area contributed by atoms with Crippen molar-refractivity contribution in [3.63, 3.8) is 0 Å². The van der Waals surface area contributed by atoms with Crippen LogP contribution in [0.2, 0.25) is 0 Å². The number of carbonyl (C=O) groups excluding carboxylic acids is 1. The van der Waals surface area contributed by atoms with Crippen molar-refractivity contribution in [3.8, 4) is 0 Å². The number of aromatic amines is 1. The fourth-order valence-corrected chi connectivity index (χ4v) is 2.00. The average molecular weight is 241 g/mol. The molecule has 3 aromatic rings. The highest BCUT2D eigenvalue weighted by molar-refractivity contribution is 6.06. The maximum atomic E-state index is 11.1. The molecule has 0 unspecified atom stereocenters. The van der Waals surface area contributed by atoms with Crippen molar-refractivity contribution in [2.75, 3.05) is 5.06 Å². The summed E-state index contributed by atoms with van der Waals surface area (Å²) in [6.45, 7) is 1.27. The summed E-state index contributed by atoms with van der Waals surface area (Å²) in [6, 6.07) is 11.3. The standard InChI is InChI=1S/C13H11N3O2/c1-8(17)16(18)12-7-6-10-9-4-2-3-5-11(9)14-13(10)15-12/h2-7,18H,1H3,(H,14,15). The Morgan fingerprint density at radius 2 is 2.00 bits per heavy atom. The maximum absolute atomic E-state index is 11.1. The molecule has 5 nitrogen and oxygen atoms in total. The molecule has 0 saturated carbocycles. The van der Waals surface area contributed by atoms with E-state index in [1.807, 2.05) is 30.3 Å². The summed E-state index contributed by atoms with van der Waals surface area (Å²) in [6.07, 6.45) is 0. The molecule has 0 saturated heterocycles. The second kappa shape index (κ2) is 3.82. The number of para-hydroxylation sites is 1. The van der Waals surface area contributed by atoms with Crippen molar-refractivity contribution in [2.24, 2.45) is 0 Å². The quantitative estimate of drug-likeness (QED) is 0.508. The van der Waals surface area contributed by atoms with E-state index in [0.29, 0.717) is 10.7 Å². The lowest BCUT2D eigenvalue weighted by molar-refractivity contribution is -0.121. The van der Waals surface area contributed by atoms with Crippen LogP contribution in [0.3, 0.4) is 0 Å². The molecule has 5 heteroatoms. The number of nitrogens with zero attached hydrogens (tertiary/aromatic N) is 2. The highest BCUT2D eigenvalue weighted by atomic mass is 16.5. The number of pyridine rings is 1. The number of aromatic nitrogens is 2. The summed E-state index contributed by atoms with van der Waals surface area (Å²) in [5.41, 5.74) is 1.62. The van der Waals surface area contributed by atoms with Gasteiger partial charge in [-0.1, -0.05) is 18.2 Å². The number of nitrogens with one attached hydrogen (secondary N) is 1. The third kappa shape index (κ3) is 1.53. The third-order valence-electron chi connectivity index (χ3n) is 2.87. The first-order valence-electron chi connectivity index (χ1n) is 5.54. The van der Waals surface area contributed by atoms with Crippen LogP contribution >= 0.6 is 0 Å². The summed E-state index contributed by atoms with van der Waals surface area (Å²) in [5, 5.41) is 12.1. The monoisotopic (exact) mass is 241 g/mol. The molecule has 2 N–H and O–H groups in total. The van der Waals surface area contributed by atoms with Gasteiger partial charge in [-0.2, -0.15) is 5.06 Å². The van der Waals surface area contributed by atoms with Gasteiger partial charge in [-0.3, -0.25) is 10.0 Å². The zero-order chi connectivity index (χ0) is 12.7. The number of amides is 1. The zero-order valence-electron chi connectivity index (χ0n) is 9.71. The van der Waals surface area contributed by atoms with Gasteiger partial charge in [0.2, 0.25) is 5.91 Å². The molecule has 3 rings (SSSR count). The van der Waals surface area contributed by atoms with Gasteiger partial charge in [0.25, 0.3) is 0 Å². The molecule has 0 spiro atoms. The molecular formula is C13H11N3O2. The van der Waals surface area contributed by atoms with Gasteiger partial charge in [0.15, 0.2) is 5.82 Å². The minimum Gasteiger partial charge on any atom is -0.339 e. The first-order chi connectivity index (χ1) is 8.66. The van der Waals surface area contributed by atoms with Gasteiger partial charge >= 0.3 is 0 Å². The maximum Gasteiger partial charge on any atom is 0.249 e. The summed E-state index contributed by atoms with van der Waals surface area (Å²) < 4.78 is 0. The van der Waals surface area contributed by atoms with Crippen molar-refractivity contribution in [1.82, 2.24) is 9.97 Å². The molecule has 0 bridgehead atoms. The van der Waals surface area contributed by atoms with Crippen LogP contribution in [-0.4, -0.2) is 21.1 Å². The molecule has 2 heterocycles. The van der Waals surface area contributed by atoms with Crippen molar-refractivity contribution >= 4 is 33.7 Å². The van der Waals surface area contributed by atoms with E-state index < -0.39 is 5.91 Å². The summed E-state index contributed by atoms with van der Waals surface area (Å²) >= 11 is 0. The number of anilines is 1. The number of fused-ring (bicyclic) bond motifs is 3. The van der Waals surface area contributed by atoms with E-state index in [4.69, 9.17) is 0 Å². The van der Waals surface area contributed by atoms with Crippen LogP contribution in [0, 0.1) is 0 Å². The second-order valence-electron chi connectivity index (χ2n) is 4.07. The molecule has 0 atom stereocenters. The molecule has 0 aliphatic heterocycles. The van der Waals surface area contributed by atoms with Crippen LogP contribution < -0.4 is 5.06 Å². The number of rotatable bonds is 1. The molecule has 90 valence electrons. The highest BCUT2D eigenvalue weighted by Gasteiger charge is 2.12. The fraction of sp³-hybridized carbons (Fsp3) is 0.0769. The molecule has 18 heavy (non-hydrogen) atoms. The van der Waals surface area contributed by atoms with Crippen LogP contribution in [0.25, 0.3) is 21.9 Å². The van der Waals surface area contributed by atoms with Crippen molar-refractivity contribution in [3.05, 3.63) is 36.4 Å². The minimum absolute atomic E-state index is 0.210. The van der Waals surface area contributed by atoms with Crippen LogP contribution in [0.5, 0.6) is 0 Å².